The van der Waals surface area contributed by atoms with E-state index in [1.54, 1.807) is 43.0 Å². The van der Waals surface area contributed by atoms with Crippen molar-refractivity contribution in [2.75, 3.05) is 29.9 Å². The second-order valence-corrected chi connectivity index (χ2v) is 9.48. The zero-order valence-electron chi connectivity index (χ0n) is 21.0. The van der Waals surface area contributed by atoms with Gasteiger partial charge < -0.3 is 15.2 Å². The summed E-state index contributed by atoms with van der Waals surface area (Å²) in [5.74, 6) is 1.63. The van der Waals surface area contributed by atoms with Crippen molar-refractivity contribution in [2.45, 2.75) is 6.42 Å². The number of anilines is 2. The third kappa shape index (κ3) is 6.50. The van der Waals surface area contributed by atoms with Crippen molar-refractivity contribution in [3.8, 4) is 22.6 Å². The Morgan fingerprint density at radius 2 is 1.85 bits per heavy atom. The van der Waals surface area contributed by atoms with Gasteiger partial charge in [-0.2, -0.15) is 0 Å². The number of aromatic nitrogens is 6. The van der Waals surface area contributed by atoms with Gasteiger partial charge in [0.15, 0.2) is 0 Å². The Balaban J connectivity index is 1.44. The Labute approximate surface area is 239 Å². The fourth-order valence-electron chi connectivity index (χ4n) is 4.02. The first kappa shape index (κ1) is 27.0. The summed E-state index contributed by atoms with van der Waals surface area (Å²) < 4.78 is 0. The van der Waals surface area contributed by atoms with E-state index >= 15 is 0 Å². The maximum atomic E-state index is 10.9. The molecule has 5 aromatic rings. The molecule has 2 N–H and O–H groups in total. The van der Waals surface area contributed by atoms with Crippen molar-refractivity contribution in [2.24, 2.45) is 0 Å². The lowest BCUT2D eigenvalue weighted by Gasteiger charge is -2.24. The number of aromatic amines is 1. The molecule has 0 radical (unpaired) electrons. The topological polar surface area (TPSA) is 139 Å². The van der Waals surface area contributed by atoms with Gasteiger partial charge in [0.05, 0.1) is 21.2 Å². The lowest BCUT2D eigenvalue weighted by Crippen LogP contribution is -2.33. The molecule has 0 saturated heterocycles. The summed E-state index contributed by atoms with van der Waals surface area (Å²) in [5, 5.41) is 15.1. The zero-order valence-corrected chi connectivity index (χ0v) is 22.5. The summed E-state index contributed by atoms with van der Waals surface area (Å²) in [7, 11) is 0. The molecule has 4 heterocycles. The highest BCUT2D eigenvalue weighted by atomic mass is 35.5. The molecule has 0 amide bonds. The molecule has 0 atom stereocenters. The molecule has 0 aliphatic carbocycles. The summed E-state index contributed by atoms with van der Waals surface area (Å²) in [6, 6.07) is 14.0. The second kappa shape index (κ2) is 12.5. The Bertz CT molecular complexity index is 1580. The number of rotatable bonds is 11. The van der Waals surface area contributed by atoms with Gasteiger partial charge >= 0.3 is 0 Å². The van der Waals surface area contributed by atoms with E-state index in [1.807, 2.05) is 29.2 Å². The molecule has 0 saturated carbocycles. The average molecular weight is 576 g/mol. The monoisotopic (exact) mass is 575 g/mol. The number of nitro groups is 1. The van der Waals surface area contributed by atoms with Crippen LogP contribution in [0.4, 0.5) is 17.5 Å². The molecule has 4 aromatic heterocycles. The molecule has 5 rings (SSSR count). The van der Waals surface area contributed by atoms with Gasteiger partial charge in [0, 0.05) is 73.2 Å². The predicted molar refractivity (Wildman–Crippen MR) is 155 cm³/mol. The molecule has 0 aliphatic heterocycles. The van der Waals surface area contributed by atoms with Crippen molar-refractivity contribution < 1.29 is 4.92 Å². The maximum absolute atomic E-state index is 10.9. The quantitative estimate of drug-likeness (QED) is 0.150. The lowest BCUT2D eigenvalue weighted by molar-refractivity contribution is -0.385. The average Bonchev–Trinajstić information content (AvgIpc) is 3.50. The molecule has 0 bridgehead atoms. The van der Waals surface area contributed by atoms with Crippen LogP contribution in [0.3, 0.4) is 0 Å². The minimum Gasteiger partial charge on any atom is -0.368 e. The number of hydrogen-bond donors (Lipinski definition) is 2. The van der Waals surface area contributed by atoms with Crippen molar-refractivity contribution in [1.29, 1.82) is 0 Å². The number of hydrogen-bond acceptors (Lipinski definition) is 9. The number of H-pyrrole nitrogens is 1. The third-order valence-corrected chi connectivity index (χ3v) is 6.56. The molecule has 0 aliphatic rings. The van der Waals surface area contributed by atoms with Gasteiger partial charge in [-0.3, -0.25) is 15.1 Å². The minimum atomic E-state index is -0.482. The summed E-state index contributed by atoms with van der Waals surface area (Å²) in [6.07, 6.45) is 8.76. The van der Waals surface area contributed by atoms with Gasteiger partial charge in [0.1, 0.15) is 17.8 Å². The summed E-state index contributed by atoms with van der Waals surface area (Å²) in [4.78, 5) is 38.2. The summed E-state index contributed by atoms with van der Waals surface area (Å²) in [5.41, 5.74) is 2.86. The zero-order chi connectivity index (χ0) is 27.9. The van der Waals surface area contributed by atoms with Crippen LogP contribution in [-0.4, -0.2) is 54.5 Å². The van der Waals surface area contributed by atoms with E-state index in [0.717, 1.165) is 5.69 Å². The van der Waals surface area contributed by atoms with Crippen LogP contribution in [-0.2, 0) is 6.42 Å². The SMILES string of the molecule is O=[N+]([O-])c1ccc(NCCN(CCc2ccccn2)c2ncc(-c3ncc[nH]3)c(-c3ccc(Cl)cc3Cl)n2)nc1. The lowest BCUT2D eigenvalue weighted by atomic mass is 10.1. The molecule has 11 nitrogen and oxygen atoms in total. The molecular formula is C27H23Cl2N9O2. The highest BCUT2D eigenvalue weighted by molar-refractivity contribution is 6.36. The van der Waals surface area contributed by atoms with Crippen LogP contribution in [0, 0.1) is 10.1 Å². The van der Waals surface area contributed by atoms with Gasteiger partial charge in [-0.15, -0.1) is 0 Å². The van der Waals surface area contributed by atoms with Gasteiger partial charge in [-0.1, -0.05) is 29.3 Å². The largest absolute Gasteiger partial charge is 0.368 e. The third-order valence-electron chi connectivity index (χ3n) is 6.01. The van der Waals surface area contributed by atoms with Gasteiger partial charge in [-0.25, -0.2) is 19.9 Å². The van der Waals surface area contributed by atoms with Crippen LogP contribution in [0.25, 0.3) is 22.6 Å². The molecule has 0 fully saturated rings. The highest BCUT2D eigenvalue weighted by Crippen LogP contribution is 2.35. The van der Waals surface area contributed by atoms with Gasteiger partial charge in [0.25, 0.3) is 5.69 Å². The molecule has 40 heavy (non-hydrogen) atoms. The molecule has 0 spiro atoms. The first-order chi connectivity index (χ1) is 19.5. The van der Waals surface area contributed by atoms with E-state index < -0.39 is 4.92 Å². The maximum Gasteiger partial charge on any atom is 0.287 e. The van der Waals surface area contributed by atoms with Gasteiger partial charge in [-0.05, 0) is 36.4 Å². The molecular weight excluding hydrogens is 553 g/mol. The predicted octanol–water partition coefficient (Wildman–Crippen LogP) is 5.70. The highest BCUT2D eigenvalue weighted by Gasteiger charge is 2.19. The fraction of sp³-hybridized carbons (Fsp3) is 0.148. The van der Waals surface area contributed by atoms with Crippen LogP contribution in [0.1, 0.15) is 5.69 Å². The summed E-state index contributed by atoms with van der Waals surface area (Å²) in [6.45, 7) is 1.58. The first-order valence-corrected chi connectivity index (χ1v) is 13.0. The number of nitrogens with zero attached hydrogens (tertiary/aromatic N) is 7. The molecule has 0 unspecified atom stereocenters. The van der Waals surface area contributed by atoms with Gasteiger partial charge in [0.2, 0.25) is 5.95 Å². The minimum absolute atomic E-state index is 0.0685. The molecule has 13 heteroatoms. The molecule has 202 valence electrons. The van der Waals surface area contributed by atoms with Crippen LogP contribution in [0.15, 0.2) is 79.5 Å². The van der Waals surface area contributed by atoms with E-state index in [2.05, 4.69) is 30.2 Å². The number of imidazole rings is 1. The number of benzene rings is 1. The van der Waals surface area contributed by atoms with E-state index in [4.69, 9.17) is 28.2 Å². The fourth-order valence-corrected chi connectivity index (χ4v) is 4.52. The summed E-state index contributed by atoms with van der Waals surface area (Å²) >= 11 is 12.8. The Morgan fingerprint density at radius 1 is 0.950 bits per heavy atom. The smallest absolute Gasteiger partial charge is 0.287 e. The number of nitrogens with one attached hydrogen (secondary N) is 2. The number of halogens is 2. The van der Waals surface area contributed by atoms with E-state index in [9.17, 15) is 10.1 Å². The first-order valence-electron chi connectivity index (χ1n) is 12.3. The Kier molecular flexibility index (Phi) is 8.43. The van der Waals surface area contributed by atoms with Crippen LogP contribution in [0.2, 0.25) is 10.0 Å². The van der Waals surface area contributed by atoms with E-state index in [1.165, 1.54) is 12.3 Å². The molecule has 1 aromatic carbocycles. The van der Waals surface area contributed by atoms with Crippen molar-refractivity contribution in [1.82, 2.24) is 29.9 Å². The van der Waals surface area contributed by atoms with Crippen LogP contribution < -0.4 is 10.2 Å². The van der Waals surface area contributed by atoms with Crippen molar-refractivity contribution >= 4 is 40.7 Å². The normalized spacial score (nSPS) is 10.8. The van der Waals surface area contributed by atoms with E-state index in [-0.39, 0.29) is 5.69 Å². The van der Waals surface area contributed by atoms with Crippen LogP contribution >= 0.6 is 23.2 Å². The Morgan fingerprint density at radius 3 is 2.55 bits per heavy atom. The van der Waals surface area contributed by atoms with Crippen LogP contribution in [0.5, 0.6) is 0 Å². The van der Waals surface area contributed by atoms with E-state index in [0.29, 0.717) is 70.5 Å². The second-order valence-electron chi connectivity index (χ2n) is 8.64. The Hall–Kier alpha value is -4.61. The van der Waals surface area contributed by atoms with Crippen molar-refractivity contribution in [3.63, 3.8) is 0 Å². The number of pyridine rings is 2. The standard InChI is InChI=1S/C27H23Cl2N9O2/c28-18-4-6-21(23(29)15-18)25-22(26-32-10-11-33-26)17-35-27(36-25)37(13-8-19-3-1-2-9-30-19)14-12-31-24-7-5-20(16-34-24)38(39)40/h1-7,9-11,15-17H,8,12-14H2,(H,31,34)(H,32,33). The van der Waals surface area contributed by atoms with Crippen molar-refractivity contribution in [3.05, 3.63) is 105 Å².